The van der Waals surface area contributed by atoms with Gasteiger partial charge in [-0.05, 0) is 43.1 Å². The van der Waals surface area contributed by atoms with Crippen molar-refractivity contribution >= 4 is 15.9 Å². The average Bonchev–Trinajstić information content (AvgIpc) is 2.43. The van der Waals surface area contributed by atoms with E-state index in [4.69, 9.17) is 5.73 Å². The van der Waals surface area contributed by atoms with Crippen LogP contribution in [-0.4, -0.2) is 24.5 Å². The highest BCUT2D eigenvalue weighted by atomic mass is 79.9. The van der Waals surface area contributed by atoms with Crippen LogP contribution in [0.25, 0.3) is 0 Å². The monoisotopic (exact) mass is 326 g/mol. The van der Waals surface area contributed by atoms with E-state index in [1.807, 2.05) is 0 Å². The number of rotatable bonds is 8. The first kappa shape index (κ1) is 16.7. The molecule has 2 atom stereocenters. The lowest BCUT2D eigenvalue weighted by Crippen LogP contribution is -2.31. The van der Waals surface area contributed by atoms with Crippen LogP contribution in [0.1, 0.15) is 45.2 Å². The van der Waals surface area contributed by atoms with Gasteiger partial charge in [-0.2, -0.15) is 0 Å². The largest absolute Gasteiger partial charge is 0.324 e. The smallest absolute Gasteiger partial charge is 0.0307 e. The summed E-state index contributed by atoms with van der Waals surface area (Å²) in [6, 6.07) is 8.48. The minimum atomic E-state index is 0.138. The maximum atomic E-state index is 6.27. The van der Waals surface area contributed by atoms with Crippen LogP contribution in [0.3, 0.4) is 0 Å². The molecule has 0 saturated carbocycles. The topological polar surface area (TPSA) is 29.3 Å². The Morgan fingerprint density at radius 2 is 1.84 bits per heavy atom. The second-order valence-electron chi connectivity index (χ2n) is 5.35. The molecule has 2 nitrogen and oxygen atoms in total. The molecule has 108 valence electrons. The summed E-state index contributed by atoms with van der Waals surface area (Å²) in [5.74, 6) is 0.767. The Bertz CT molecular complexity index is 350. The molecule has 0 radical (unpaired) electrons. The summed E-state index contributed by atoms with van der Waals surface area (Å²) in [4.78, 5) is 2.51. The Labute approximate surface area is 126 Å². The van der Waals surface area contributed by atoms with Gasteiger partial charge in [-0.3, -0.25) is 0 Å². The van der Waals surface area contributed by atoms with Crippen LogP contribution in [0, 0.1) is 5.92 Å². The van der Waals surface area contributed by atoms with Crippen molar-refractivity contribution in [3.63, 3.8) is 0 Å². The normalized spacial score (nSPS) is 14.6. The number of hydrogen-bond acceptors (Lipinski definition) is 2. The third-order valence-electron chi connectivity index (χ3n) is 3.77. The van der Waals surface area contributed by atoms with Crippen LogP contribution in [0.2, 0.25) is 0 Å². The summed E-state index contributed by atoms with van der Waals surface area (Å²) >= 11 is 3.45. The number of hydrogen-bond donors (Lipinski definition) is 1. The van der Waals surface area contributed by atoms with Crippen molar-refractivity contribution in [2.45, 2.75) is 39.7 Å². The van der Waals surface area contributed by atoms with Crippen molar-refractivity contribution < 1.29 is 0 Å². The van der Waals surface area contributed by atoms with Crippen LogP contribution >= 0.6 is 15.9 Å². The van der Waals surface area contributed by atoms with Crippen LogP contribution in [0.5, 0.6) is 0 Å². The molecule has 0 spiro atoms. The molecule has 3 heteroatoms. The molecule has 19 heavy (non-hydrogen) atoms. The van der Waals surface area contributed by atoms with Crippen molar-refractivity contribution in [2.24, 2.45) is 11.7 Å². The fourth-order valence-corrected chi connectivity index (χ4v) is 2.41. The fourth-order valence-electron chi connectivity index (χ4n) is 2.15. The van der Waals surface area contributed by atoms with Gasteiger partial charge >= 0.3 is 0 Å². The Morgan fingerprint density at radius 1 is 1.21 bits per heavy atom. The lowest BCUT2D eigenvalue weighted by Gasteiger charge is -2.25. The van der Waals surface area contributed by atoms with Gasteiger partial charge in [-0.25, -0.2) is 0 Å². The zero-order valence-corrected chi connectivity index (χ0v) is 14.0. The summed E-state index contributed by atoms with van der Waals surface area (Å²) in [5.41, 5.74) is 7.49. The molecule has 0 saturated heterocycles. The van der Waals surface area contributed by atoms with Crippen LogP contribution in [0.4, 0.5) is 0 Å². The number of nitrogens with two attached hydrogens (primary N) is 1. The van der Waals surface area contributed by atoms with E-state index in [1.54, 1.807) is 0 Å². The highest BCUT2D eigenvalue weighted by Gasteiger charge is 2.11. The van der Waals surface area contributed by atoms with E-state index >= 15 is 0 Å². The van der Waals surface area contributed by atoms with E-state index in [1.165, 1.54) is 18.5 Å². The molecule has 0 heterocycles. The average molecular weight is 327 g/mol. The first-order valence-corrected chi connectivity index (χ1v) is 8.09. The summed E-state index contributed by atoms with van der Waals surface area (Å²) in [6.07, 6.45) is 2.27. The van der Waals surface area contributed by atoms with Crippen molar-refractivity contribution in [2.75, 3.05) is 19.6 Å². The number of nitrogens with zero attached hydrogens (tertiary/aromatic N) is 1. The van der Waals surface area contributed by atoms with Crippen molar-refractivity contribution in [3.8, 4) is 0 Å². The Hall–Kier alpha value is -0.380. The molecule has 0 amide bonds. The van der Waals surface area contributed by atoms with E-state index in [0.29, 0.717) is 0 Å². The Balaban J connectivity index is 2.43. The van der Waals surface area contributed by atoms with Gasteiger partial charge in [0.1, 0.15) is 0 Å². The van der Waals surface area contributed by atoms with Crippen LogP contribution < -0.4 is 5.73 Å². The second kappa shape index (κ2) is 8.72. The lowest BCUT2D eigenvalue weighted by molar-refractivity contribution is 0.237. The SMILES string of the molecule is CCC(C)CN(CC)CCC(N)c1ccc(Br)cc1. The molecule has 0 bridgehead atoms. The summed E-state index contributed by atoms with van der Waals surface area (Å²) in [7, 11) is 0. The van der Waals surface area contributed by atoms with Gasteiger partial charge in [-0.15, -0.1) is 0 Å². The minimum Gasteiger partial charge on any atom is -0.324 e. The molecule has 0 aliphatic carbocycles. The highest BCUT2D eigenvalue weighted by Crippen LogP contribution is 2.18. The molecule has 0 aliphatic heterocycles. The van der Waals surface area contributed by atoms with Gasteiger partial charge in [-0.1, -0.05) is 55.3 Å². The van der Waals surface area contributed by atoms with Gasteiger partial charge in [0.25, 0.3) is 0 Å². The summed E-state index contributed by atoms with van der Waals surface area (Å²) < 4.78 is 1.11. The molecule has 0 aromatic heterocycles. The molecule has 0 aliphatic rings. The zero-order valence-electron chi connectivity index (χ0n) is 12.4. The summed E-state index contributed by atoms with van der Waals surface area (Å²) in [5, 5.41) is 0. The number of benzene rings is 1. The van der Waals surface area contributed by atoms with E-state index in [0.717, 1.165) is 29.9 Å². The van der Waals surface area contributed by atoms with Crippen molar-refractivity contribution in [1.82, 2.24) is 4.90 Å². The molecular formula is C16H27BrN2. The van der Waals surface area contributed by atoms with E-state index in [2.05, 4.69) is 65.9 Å². The molecule has 0 fully saturated rings. The fraction of sp³-hybridized carbons (Fsp3) is 0.625. The van der Waals surface area contributed by atoms with Gasteiger partial charge < -0.3 is 10.6 Å². The van der Waals surface area contributed by atoms with Gasteiger partial charge in [0.2, 0.25) is 0 Å². The highest BCUT2D eigenvalue weighted by molar-refractivity contribution is 9.10. The van der Waals surface area contributed by atoms with Crippen molar-refractivity contribution in [3.05, 3.63) is 34.3 Å². The van der Waals surface area contributed by atoms with Crippen LogP contribution in [-0.2, 0) is 0 Å². The van der Waals surface area contributed by atoms with Gasteiger partial charge in [0.15, 0.2) is 0 Å². The first-order chi connectivity index (χ1) is 9.06. The zero-order chi connectivity index (χ0) is 14.3. The molecule has 1 rings (SSSR count). The van der Waals surface area contributed by atoms with E-state index in [-0.39, 0.29) is 6.04 Å². The summed E-state index contributed by atoms with van der Waals surface area (Å²) in [6.45, 7) is 10.2. The lowest BCUT2D eigenvalue weighted by atomic mass is 10.0. The van der Waals surface area contributed by atoms with E-state index < -0.39 is 0 Å². The third kappa shape index (κ3) is 6.07. The molecule has 1 aromatic rings. The molecule has 1 aromatic carbocycles. The third-order valence-corrected chi connectivity index (χ3v) is 4.30. The van der Waals surface area contributed by atoms with Crippen LogP contribution in [0.15, 0.2) is 28.7 Å². The Morgan fingerprint density at radius 3 is 2.37 bits per heavy atom. The number of halogens is 1. The van der Waals surface area contributed by atoms with Gasteiger partial charge in [0, 0.05) is 17.1 Å². The molecular weight excluding hydrogens is 300 g/mol. The predicted octanol–water partition coefficient (Wildman–Crippen LogP) is 4.21. The quantitative estimate of drug-likeness (QED) is 0.775. The standard InChI is InChI=1S/C16H27BrN2/c1-4-13(3)12-19(5-2)11-10-16(18)14-6-8-15(17)9-7-14/h6-9,13,16H,4-5,10-12,18H2,1-3H3. The van der Waals surface area contributed by atoms with Crippen molar-refractivity contribution in [1.29, 1.82) is 0 Å². The van der Waals surface area contributed by atoms with Gasteiger partial charge in [0.05, 0.1) is 0 Å². The molecule has 2 unspecified atom stereocenters. The molecule has 2 N–H and O–H groups in total. The Kier molecular flexibility index (Phi) is 7.66. The maximum absolute atomic E-state index is 6.27. The first-order valence-electron chi connectivity index (χ1n) is 7.30. The second-order valence-corrected chi connectivity index (χ2v) is 6.27. The van der Waals surface area contributed by atoms with E-state index in [9.17, 15) is 0 Å². The maximum Gasteiger partial charge on any atom is 0.0307 e. The minimum absolute atomic E-state index is 0.138. The predicted molar refractivity (Wildman–Crippen MR) is 87.3 cm³/mol.